The Hall–Kier alpha value is -1.98. The van der Waals surface area contributed by atoms with Gasteiger partial charge in [-0.1, -0.05) is 0 Å². The van der Waals surface area contributed by atoms with Crippen molar-refractivity contribution in [2.75, 3.05) is 30.8 Å². The quantitative estimate of drug-likeness (QED) is 0.781. The molecule has 3 N–H and O–H groups in total. The summed E-state index contributed by atoms with van der Waals surface area (Å²) in [6.45, 7) is 6.26. The number of halogens is 1. The lowest BCUT2D eigenvalue weighted by Gasteiger charge is -2.25. The summed E-state index contributed by atoms with van der Waals surface area (Å²) in [5.74, 6) is -0.502. The minimum atomic E-state index is -0.504. The fourth-order valence-corrected chi connectivity index (χ4v) is 1.80. The highest BCUT2D eigenvalue weighted by Crippen LogP contribution is 2.31. The molecule has 0 aliphatic carbocycles. The molecule has 1 aromatic carbocycles. The molecule has 0 spiro atoms. The molecule has 112 valence electrons. The molecular weight excluding hydrogens is 261 g/mol. The Morgan fingerprint density at radius 2 is 2.15 bits per heavy atom. The molecule has 1 rings (SSSR count). The summed E-state index contributed by atoms with van der Waals surface area (Å²) < 4.78 is 19.2. The summed E-state index contributed by atoms with van der Waals surface area (Å²) in [6.07, 6.45) is -0.144. The van der Waals surface area contributed by atoms with Gasteiger partial charge in [-0.15, -0.1) is 0 Å². The van der Waals surface area contributed by atoms with Crippen molar-refractivity contribution in [3.8, 4) is 5.75 Å². The van der Waals surface area contributed by atoms with E-state index in [0.717, 1.165) is 0 Å². The number of carbonyl (C=O) groups excluding carboxylic acids is 1. The highest BCUT2D eigenvalue weighted by atomic mass is 19.1. The summed E-state index contributed by atoms with van der Waals surface area (Å²) in [6, 6.07) is 2.76. The normalized spacial score (nSPS) is 10.5. The number of carbonyl (C=O) groups is 1. The van der Waals surface area contributed by atoms with E-state index < -0.39 is 5.82 Å². The van der Waals surface area contributed by atoms with Crippen molar-refractivity contribution in [3.05, 3.63) is 17.9 Å². The molecular formula is C14H22FN3O2. The maximum absolute atomic E-state index is 13.8. The van der Waals surface area contributed by atoms with Gasteiger partial charge in [0.2, 0.25) is 5.91 Å². The second kappa shape index (κ2) is 6.98. The molecule has 20 heavy (non-hydrogen) atoms. The van der Waals surface area contributed by atoms with Gasteiger partial charge >= 0.3 is 0 Å². The molecule has 1 aromatic rings. The molecule has 0 radical (unpaired) electrons. The number of hydrogen-bond acceptors (Lipinski definition) is 4. The van der Waals surface area contributed by atoms with Crippen LogP contribution in [0.3, 0.4) is 0 Å². The van der Waals surface area contributed by atoms with Crippen LogP contribution in [0.15, 0.2) is 12.1 Å². The van der Waals surface area contributed by atoms with E-state index in [4.69, 9.17) is 10.5 Å². The van der Waals surface area contributed by atoms with Gasteiger partial charge in [-0.3, -0.25) is 4.79 Å². The third kappa shape index (κ3) is 4.01. The lowest BCUT2D eigenvalue weighted by Crippen LogP contribution is -2.36. The van der Waals surface area contributed by atoms with Gasteiger partial charge in [0.25, 0.3) is 0 Å². The molecule has 0 aliphatic heterocycles. The zero-order chi connectivity index (χ0) is 15.3. The van der Waals surface area contributed by atoms with Crippen molar-refractivity contribution < 1.29 is 13.9 Å². The molecule has 0 bridgehead atoms. The summed E-state index contributed by atoms with van der Waals surface area (Å²) in [4.78, 5) is 13.3. The van der Waals surface area contributed by atoms with Crippen LogP contribution >= 0.6 is 0 Å². The lowest BCUT2D eigenvalue weighted by molar-refractivity contribution is -0.119. The monoisotopic (exact) mass is 283 g/mol. The SMILES string of the molecule is CCN(CC(=O)NC)c1cc(OC(C)C)c(F)cc1N. The summed E-state index contributed by atoms with van der Waals surface area (Å²) >= 11 is 0. The summed E-state index contributed by atoms with van der Waals surface area (Å²) in [5.41, 5.74) is 6.72. The van der Waals surface area contributed by atoms with Crippen molar-refractivity contribution in [2.45, 2.75) is 26.9 Å². The number of nitrogens with zero attached hydrogens (tertiary/aromatic N) is 1. The molecule has 0 saturated heterocycles. The number of amides is 1. The van der Waals surface area contributed by atoms with Gasteiger partial charge in [-0.25, -0.2) is 4.39 Å². The zero-order valence-electron chi connectivity index (χ0n) is 12.4. The maximum atomic E-state index is 13.8. The van der Waals surface area contributed by atoms with Crippen LogP contribution in [0.2, 0.25) is 0 Å². The van der Waals surface area contributed by atoms with Crippen molar-refractivity contribution in [1.29, 1.82) is 0 Å². The molecule has 6 heteroatoms. The summed E-state index contributed by atoms with van der Waals surface area (Å²) in [7, 11) is 1.57. The Labute approximate surface area is 118 Å². The first-order valence-electron chi connectivity index (χ1n) is 6.60. The van der Waals surface area contributed by atoms with Crippen LogP contribution < -0.4 is 20.7 Å². The number of likely N-dealkylation sites (N-methyl/N-ethyl adjacent to an activating group) is 2. The predicted octanol–water partition coefficient (Wildman–Crippen LogP) is 1.77. The van der Waals surface area contributed by atoms with Crippen LogP contribution in [-0.4, -0.2) is 32.1 Å². The number of nitrogen functional groups attached to an aromatic ring is 1. The maximum Gasteiger partial charge on any atom is 0.239 e. The van der Waals surface area contributed by atoms with Gasteiger partial charge in [0, 0.05) is 25.7 Å². The van der Waals surface area contributed by atoms with E-state index >= 15 is 0 Å². The van der Waals surface area contributed by atoms with Crippen molar-refractivity contribution in [1.82, 2.24) is 5.32 Å². The first-order valence-corrected chi connectivity index (χ1v) is 6.60. The van der Waals surface area contributed by atoms with Crippen LogP contribution in [0, 0.1) is 5.82 Å². The largest absolute Gasteiger partial charge is 0.488 e. The standard InChI is InChI=1S/C14H22FN3O2/c1-5-18(8-14(19)17-4)12-7-13(20-9(2)3)10(15)6-11(12)16/h6-7,9H,5,8,16H2,1-4H3,(H,17,19). The van der Waals surface area contributed by atoms with Crippen molar-refractivity contribution >= 4 is 17.3 Å². The summed E-state index contributed by atoms with van der Waals surface area (Å²) in [5, 5.41) is 2.55. The molecule has 0 aliphatic rings. The smallest absolute Gasteiger partial charge is 0.239 e. The van der Waals surface area contributed by atoms with E-state index in [2.05, 4.69) is 5.32 Å². The first-order chi connectivity index (χ1) is 9.38. The van der Waals surface area contributed by atoms with E-state index in [1.165, 1.54) is 12.1 Å². The number of hydrogen-bond donors (Lipinski definition) is 2. The van der Waals surface area contributed by atoms with Crippen LogP contribution in [0.4, 0.5) is 15.8 Å². The minimum Gasteiger partial charge on any atom is -0.488 e. The molecule has 0 fully saturated rings. The topological polar surface area (TPSA) is 67.6 Å². The van der Waals surface area contributed by atoms with Gasteiger partial charge in [-0.05, 0) is 20.8 Å². The minimum absolute atomic E-state index is 0.137. The number of nitrogens with one attached hydrogen (secondary N) is 1. The van der Waals surface area contributed by atoms with Gasteiger partial charge < -0.3 is 20.7 Å². The molecule has 1 amide bonds. The highest BCUT2D eigenvalue weighted by Gasteiger charge is 2.16. The Morgan fingerprint density at radius 1 is 1.50 bits per heavy atom. The van der Waals surface area contributed by atoms with Gasteiger partial charge in [-0.2, -0.15) is 0 Å². The Morgan fingerprint density at radius 3 is 2.65 bits per heavy atom. The molecule has 0 saturated carbocycles. The van der Waals surface area contributed by atoms with Gasteiger partial charge in [0.15, 0.2) is 11.6 Å². The molecule has 0 aromatic heterocycles. The number of anilines is 2. The molecule has 5 nitrogen and oxygen atoms in total. The molecule has 0 atom stereocenters. The van der Waals surface area contributed by atoms with E-state index in [1.807, 2.05) is 20.8 Å². The van der Waals surface area contributed by atoms with Crippen LogP contribution in [-0.2, 0) is 4.79 Å². The third-order valence-electron chi connectivity index (χ3n) is 2.78. The second-order valence-corrected chi connectivity index (χ2v) is 4.70. The second-order valence-electron chi connectivity index (χ2n) is 4.70. The first kappa shape index (κ1) is 16.1. The molecule has 0 heterocycles. The van der Waals surface area contributed by atoms with Crippen molar-refractivity contribution in [2.24, 2.45) is 0 Å². The number of ether oxygens (including phenoxy) is 1. The number of benzene rings is 1. The fourth-order valence-electron chi connectivity index (χ4n) is 1.80. The van der Waals surface area contributed by atoms with Gasteiger partial charge in [0.05, 0.1) is 24.0 Å². The Balaban J connectivity index is 3.11. The molecule has 0 unspecified atom stereocenters. The predicted molar refractivity (Wildman–Crippen MR) is 78.5 cm³/mol. The van der Waals surface area contributed by atoms with Crippen LogP contribution in [0.1, 0.15) is 20.8 Å². The van der Waals surface area contributed by atoms with E-state index in [9.17, 15) is 9.18 Å². The van der Waals surface area contributed by atoms with Crippen LogP contribution in [0.25, 0.3) is 0 Å². The lowest BCUT2D eigenvalue weighted by atomic mass is 10.2. The van der Waals surface area contributed by atoms with E-state index in [0.29, 0.717) is 12.2 Å². The Kier molecular flexibility index (Phi) is 5.61. The third-order valence-corrected chi connectivity index (χ3v) is 2.78. The van der Waals surface area contributed by atoms with E-state index in [1.54, 1.807) is 11.9 Å². The number of rotatable bonds is 6. The fraction of sp³-hybridized carbons (Fsp3) is 0.500. The average Bonchev–Trinajstić information content (AvgIpc) is 2.38. The highest BCUT2D eigenvalue weighted by molar-refractivity contribution is 5.83. The van der Waals surface area contributed by atoms with Gasteiger partial charge in [0.1, 0.15) is 0 Å². The number of nitrogens with two attached hydrogens (primary N) is 1. The average molecular weight is 283 g/mol. The van der Waals surface area contributed by atoms with Crippen LogP contribution in [0.5, 0.6) is 5.75 Å². The zero-order valence-corrected chi connectivity index (χ0v) is 12.4. The van der Waals surface area contributed by atoms with E-state index in [-0.39, 0.29) is 30.0 Å². The van der Waals surface area contributed by atoms with Crippen molar-refractivity contribution in [3.63, 3.8) is 0 Å². The Bertz CT molecular complexity index is 478.